The van der Waals surface area contributed by atoms with Crippen LogP contribution in [0.3, 0.4) is 0 Å². The van der Waals surface area contributed by atoms with Crippen molar-refractivity contribution in [2.45, 2.75) is 24.7 Å². The number of carbonyl (C=O) groups is 2. The van der Waals surface area contributed by atoms with Gasteiger partial charge < -0.3 is 15.0 Å². The van der Waals surface area contributed by atoms with Crippen molar-refractivity contribution in [3.8, 4) is 0 Å². The highest BCUT2D eigenvalue weighted by atomic mass is 16.5. The summed E-state index contributed by atoms with van der Waals surface area (Å²) in [7, 11) is 0. The maximum absolute atomic E-state index is 13.2. The van der Waals surface area contributed by atoms with E-state index >= 15 is 0 Å². The van der Waals surface area contributed by atoms with Crippen LogP contribution in [0.5, 0.6) is 0 Å². The number of hydrogen-bond donors (Lipinski definition) is 1. The highest BCUT2D eigenvalue weighted by Crippen LogP contribution is 2.51. The standard InChI is InChI=1S/C23H23N3O3/c27-21(25-14-17-7-4-11-24-13-17)19-18-8-10-23(29-18)15-26(22(28)20(19)23)12-9-16-5-2-1-3-6-16/h1-8,10-11,13,18-20H,9,12,14-15H2,(H,25,27)/t18-,19-,20-,23+/m1/s1. The van der Waals surface area contributed by atoms with E-state index in [1.165, 1.54) is 5.56 Å². The predicted molar refractivity (Wildman–Crippen MR) is 107 cm³/mol. The minimum absolute atomic E-state index is 0.0225. The van der Waals surface area contributed by atoms with Gasteiger partial charge in [0.2, 0.25) is 11.8 Å². The fourth-order valence-corrected chi connectivity index (χ4v) is 4.79. The molecular formula is C23H23N3O3. The molecule has 3 aliphatic heterocycles. The van der Waals surface area contributed by atoms with Crippen LogP contribution in [0.15, 0.2) is 67.0 Å². The molecule has 1 aromatic carbocycles. The zero-order valence-corrected chi connectivity index (χ0v) is 16.0. The fraction of sp³-hybridized carbons (Fsp3) is 0.348. The summed E-state index contributed by atoms with van der Waals surface area (Å²) in [5.74, 6) is -1.03. The van der Waals surface area contributed by atoms with Crippen LogP contribution in [0, 0.1) is 11.8 Å². The lowest BCUT2D eigenvalue weighted by Gasteiger charge is -2.23. The maximum Gasteiger partial charge on any atom is 0.230 e. The molecule has 6 nitrogen and oxygen atoms in total. The Morgan fingerprint density at radius 3 is 2.83 bits per heavy atom. The van der Waals surface area contributed by atoms with Gasteiger partial charge in [0, 0.05) is 25.5 Å². The molecule has 1 aromatic heterocycles. The topological polar surface area (TPSA) is 71.5 Å². The van der Waals surface area contributed by atoms with E-state index in [1.54, 1.807) is 12.4 Å². The van der Waals surface area contributed by atoms with Gasteiger partial charge in [-0.05, 0) is 23.6 Å². The van der Waals surface area contributed by atoms with E-state index in [1.807, 2.05) is 47.4 Å². The number of aromatic nitrogens is 1. The van der Waals surface area contributed by atoms with Crippen LogP contribution >= 0.6 is 0 Å². The van der Waals surface area contributed by atoms with Crippen LogP contribution in [0.4, 0.5) is 0 Å². The normalized spacial score (nSPS) is 29.3. The number of likely N-dealkylation sites (tertiary alicyclic amines) is 1. The van der Waals surface area contributed by atoms with E-state index in [2.05, 4.69) is 22.4 Å². The lowest BCUT2D eigenvalue weighted by atomic mass is 9.77. The first kappa shape index (κ1) is 18.1. The molecule has 1 spiro atoms. The molecular weight excluding hydrogens is 366 g/mol. The Balaban J connectivity index is 1.28. The van der Waals surface area contributed by atoms with Crippen molar-refractivity contribution in [2.75, 3.05) is 13.1 Å². The molecule has 6 heteroatoms. The van der Waals surface area contributed by atoms with Crippen molar-refractivity contribution < 1.29 is 14.3 Å². The molecule has 3 aliphatic rings. The van der Waals surface area contributed by atoms with Gasteiger partial charge in [-0.25, -0.2) is 0 Å². The summed E-state index contributed by atoms with van der Waals surface area (Å²) in [4.78, 5) is 32.1. The lowest BCUT2D eigenvalue weighted by Crippen LogP contribution is -2.44. The summed E-state index contributed by atoms with van der Waals surface area (Å²) >= 11 is 0. The number of nitrogens with zero attached hydrogens (tertiary/aromatic N) is 2. The second-order valence-corrected chi connectivity index (χ2v) is 7.97. The average Bonchev–Trinajstić information content (AvgIpc) is 3.40. The van der Waals surface area contributed by atoms with Crippen LogP contribution in [0.25, 0.3) is 0 Å². The van der Waals surface area contributed by atoms with E-state index < -0.39 is 17.4 Å². The lowest BCUT2D eigenvalue weighted by molar-refractivity contribution is -0.137. The van der Waals surface area contributed by atoms with Crippen LogP contribution < -0.4 is 5.32 Å². The summed E-state index contributed by atoms with van der Waals surface area (Å²) in [6.07, 6.45) is 7.83. The van der Waals surface area contributed by atoms with E-state index in [0.717, 1.165) is 12.0 Å². The number of carbonyl (C=O) groups excluding carboxylic acids is 2. The molecule has 0 radical (unpaired) electrons. The number of amides is 2. The minimum Gasteiger partial charge on any atom is -0.360 e. The molecule has 2 bridgehead atoms. The summed E-state index contributed by atoms with van der Waals surface area (Å²) in [5, 5.41) is 2.96. The fourth-order valence-electron chi connectivity index (χ4n) is 4.79. The van der Waals surface area contributed by atoms with Gasteiger partial charge in [0.25, 0.3) is 0 Å². The molecule has 2 fully saturated rings. The summed E-state index contributed by atoms with van der Waals surface area (Å²) in [6, 6.07) is 13.9. The molecule has 0 saturated carbocycles. The van der Waals surface area contributed by atoms with Gasteiger partial charge in [-0.3, -0.25) is 14.6 Å². The third-order valence-electron chi connectivity index (χ3n) is 6.18. The zero-order valence-electron chi connectivity index (χ0n) is 16.0. The number of hydrogen-bond acceptors (Lipinski definition) is 4. The third kappa shape index (κ3) is 3.13. The van der Waals surface area contributed by atoms with Gasteiger partial charge in [-0.2, -0.15) is 0 Å². The van der Waals surface area contributed by atoms with Gasteiger partial charge in [-0.1, -0.05) is 48.6 Å². The Morgan fingerprint density at radius 2 is 2.03 bits per heavy atom. The minimum atomic E-state index is -0.658. The molecule has 29 heavy (non-hydrogen) atoms. The van der Waals surface area contributed by atoms with Crippen molar-refractivity contribution in [1.29, 1.82) is 0 Å². The molecule has 4 atom stereocenters. The Morgan fingerprint density at radius 1 is 1.21 bits per heavy atom. The Hall–Kier alpha value is -2.99. The molecule has 148 valence electrons. The van der Waals surface area contributed by atoms with Crippen molar-refractivity contribution in [1.82, 2.24) is 15.2 Å². The van der Waals surface area contributed by atoms with Gasteiger partial charge in [0.1, 0.15) is 5.60 Å². The summed E-state index contributed by atoms with van der Waals surface area (Å²) in [6.45, 7) is 1.54. The first-order valence-electron chi connectivity index (χ1n) is 10.0. The molecule has 2 amide bonds. The number of ether oxygens (including phenoxy) is 1. The van der Waals surface area contributed by atoms with Crippen molar-refractivity contribution >= 4 is 11.8 Å². The molecule has 2 saturated heterocycles. The SMILES string of the molecule is O=C(NCc1cccnc1)[C@@H]1[C@H]2C=C[C@@]3(CN(CCc4ccccc4)C(=O)[C@@H]13)O2. The third-order valence-corrected chi connectivity index (χ3v) is 6.18. The number of pyridine rings is 1. The molecule has 1 N–H and O–H groups in total. The van der Waals surface area contributed by atoms with Crippen molar-refractivity contribution in [3.63, 3.8) is 0 Å². The monoisotopic (exact) mass is 389 g/mol. The Labute approximate surface area is 169 Å². The van der Waals surface area contributed by atoms with E-state index in [9.17, 15) is 9.59 Å². The zero-order chi connectivity index (χ0) is 19.8. The van der Waals surface area contributed by atoms with E-state index in [4.69, 9.17) is 4.74 Å². The molecule has 0 unspecified atom stereocenters. The second kappa shape index (κ2) is 7.12. The number of rotatable bonds is 6. The van der Waals surface area contributed by atoms with Crippen LogP contribution in [-0.4, -0.2) is 46.5 Å². The first-order chi connectivity index (χ1) is 14.2. The molecule has 4 heterocycles. The largest absolute Gasteiger partial charge is 0.360 e. The number of benzene rings is 1. The van der Waals surface area contributed by atoms with Crippen molar-refractivity contribution in [2.24, 2.45) is 11.8 Å². The Kier molecular flexibility index (Phi) is 4.43. The number of fused-ring (bicyclic) bond motifs is 1. The van der Waals surface area contributed by atoms with Crippen LogP contribution in [0.1, 0.15) is 11.1 Å². The van der Waals surface area contributed by atoms with E-state index in [-0.39, 0.29) is 17.9 Å². The number of nitrogens with one attached hydrogen (secondary N) is 1. The summed E-state index contributed by atoms with van der Waals surface area (Å²) in [5.41, 5.74) is 1.47. The van der Waals surface area contributed by atoms with Crippen molar-refractivity contribution in [3.05, 3.63) is 78.1 Å². The molecule has 0 aliphatic carbocycles. The average molecular weight is 389 g/mol. The summed E-state index contributed by atoms with van der Waals surface area (Å²) < 4.78 is 6.18. The van der Waals surface area contributed by atoms with Gasteiger partial charge in [0.05, 0.1) is 24.5 Å². The van der Waals surface area contributed by atoms with Gasteiger partial charge >= 0.3 is 0 Å². The first-order valence-corrected chi connectivity index (χ1v) is 10.0. The van der Waals surface area contributed by atoms with Crippen LogP contribution in [0.2, 0.25) is 0 Å². The van der Waals surface area contributed by atoms with Crippen LogP contribution in [-0.2, 0) is 27.3 Å². The van der Waals surface area contributed by atoms with E-state index in [0.29, 0.717) is 19.6 Å². The Bertz CT molecular complexity index is 946. The maximum atomic E-state index is 13.2. The highest BCUT2D eigenvalue weighted by Gasteiger charge is 2.66. The highest BCUT2D eigenvalue weighted by molar-refractivity contribution is 5.93. The van der Waals surface area contributed by atoms with Gasteiger partial charge in [-0.15, -0.1) is 0 Å². The smallest absolute Gasteiger partial charge is 0.230 e. The molecule has 2 aromatic rings. The van der Waals surface area contributed by atoms with Gasteiger partial charge in [0.15, 0.2) is 0 Å². The quantitative estimate of drug-likeness (QED) is 0.764. The predicted octanol–water partition coefficient (Wildman–Crippen LogP) is 1.72. The molecule has 5 rings (SSSR count). The second-order valence-electron chi connectivity index (χ2n) is 7.97.